The van der Waals surface area contributed by atoms with Crippen molar-refractivity contribution in [1.29, 1.82) is 0 Å². The second-order valence-corrected chi connectivity index (χ2v) is 21.9. The fraction of sp³-hybridized carbons (Fsp3) is 0. The van der Waals surface area contributed by atoms with Crippen LogP contribution in [0.4, 0.5) is 0 Å². The van der Waals surface area contributed by atoms with Gasteiger partial charge >= 0.3 is 0 Å². The molecule has 0 aliphatic carbocycles. The molecule has 0 spiro atoms. The van der Waals surface area contributed by atoms with E-state index in [4.69, 9.17) is 9.97 Å². The summed E-state index contributed by atoms with van der Waals surface area (Å²) in [6.07, 6.45) is 0. The highest BCUT2D eigenvalue weighted by atomic mass is 28.3. The van der Waals surface area contributed by atoms with E-state index >= 15 is 0 Å². The third-order valence-corrected chi connectivity index (χ3v) is 19.2. The summed E-state index contributed by atoms with van der Waals surface area (Å²) in [6.45, 7) is 0. The number of hydrogen-bond acceptors (Lipinski definition) is 2. The molecule has 6 heteroatoms. The molecule has 0 aliphatic rings. The van der Waals surface area contributed by atoms with Gasteiger partial charge in [0, 0.05) is 49.6 Å². The fourth-order valence-corrected chi connectivity index (χ4v) is 16.3. The fourth-order valence-electron chi connectivity index (χ4n) is 11.5. The minimum absolute atomic E-state index is 0.616. The van der Waals surface area contributed by atoms with Gasteiger partial charge in [-0.25, -0.2) is 4.98 Å². The van der Waals surface area contributed by atoms with Crippen LogP contribution in [-0.4, -0.2) is 31.7 Å². The molecule has 0 atom stereocenters. The van der Waals surface area contributed by atoms with Crippen molar-refractivity contribution in [3.8, 4) is 28.7 Å². The van der Waals surface area contributed by atoms with Gasteiger partial charge in [-0.05, 0) is 69.3 Å². The Morgan fingerprint density at radius 2 is 0.643 bits per heavy atom. The Labute approximate surface area is 405 Å². The van der Waals surface area contributed by atoms with Crippen LogP contribution in [0.25, 0.3) is 94.1 Å². The van der Waals surface area contributed by atoms with Crippen LogP contribution < -0.4 is 20.7 Å². The molecule has 0 radical (unpaired) electrons. The van der Waals surface area contributed by atoms with Crippen molar-refractivity contribution < 1.29 is 0 Å². The number of hydrogen-bond donors (Lipinski definition) is 0. The maximum Gasteiger partial charge on any atom is 0.237 e. The monoisotopic (exact) mass is 909 g/mol. The molecule has 0 amide bonds. The normalized spacial score (nSPS) is 12.0. The maximum absolute atomic E-state index is 5.61. The molecule has 0 bridgehead atoms. The Bertz CT molecular complexity index is 3990. The maximum atomic E-state index is 5.61. The van der Waals surface area contributed by atoms with E-state index < -0.39 is 8.07 Å². The van der Waals surface area contributed by atoms with Crippen molar-refractivity contribution in [2.45, 2.75) is 0 Å². The van der Waals surface area contributed by atoms with Crippen molar-refractivity contribution in [3.63, 3.8) is 0 Å². The smallest absolute Gasteiger partial charge is 0.237 e. The number of rotatable bonds is 8. The predicted molar refractivity (Wildman–Crippen MR) is 294 cm³/mol. The molecular formula is C64H43N5Si. The number of nitrogens with zero attached hydrogens (tertiary/aromatic N) is 5. The van der Waals surface area contributed by atoms with E-state index in [9.17, 15) is 0 Å². The molecule has 0 unspecified atom stereocenters. The molecule has 14 aromatic rings. The number of benzene rings is 10. The standard InChI is InChI=1S/C64H43N5Si/c1-3-23-46(24-4-1)70(47-25-5-2-6-26-47,49-28-20-22-45(42-49)67-57-35-13-7-29-50(57)51-30-8-14-36-58(51)67)48-27-19-21-44(41-48)56-43-63(68-59-37-15-9-31-52(59)53-32-10-16-38-60(53)68)66-64(65-56)69-61-39-17-11-33-54(61)55-34-12-18-40-62(55)69/h1-43H. The molecule has 10 aromatic carbocycles. The lowest BCUT2D eigenvalue weighted by molar-refractivity contribution is 0.952. The Kier molecular flexibility index (Phi) is 9.15. The molecule has 0 N–H and O–H groups in total. The molecule has 0 saturated heterocycles. The van der Waals surface area contributed by atoms with Crippen LogP contribution in [0, 0.1) is 0 Å². The Morgan fingerprint density at radius 1 is 0.271 bits per heavy atom. The number of fused-ring (bicyclic) bond motifs is 9. The third-order valence-electron chi connectivity index (χ3n) is 14.4. The first-order chi connectivity index (χ1) is 34.7. The van der Waals surface area contributed by atoms with E-state index in [-0.39, 0.29) is 0 Å². The minimum atomic E-state index is -3.09. The van der Waals surface area contributed by atoms with Gasteiger partial charge in [0.2, 0.25) is 5.95 Å². The van der Waals surface area contributed by atoms with Crippen molar-refractivity contribution in [3.05, 3.63) is 261 Å². The van der Waals surface area contributed by atoms with Gasteiger partial charge in [0.25, 0.3) is 0 Å². The van der Waals surface area contributed by atoms with E-state index in [1.165, 1.54) is 53.3 Å². The van der Waals surface area contributed by atoms with E-state index in [2.05, 4.69) is 275 Å². The lowest BCUT2D eigenvalue weighted by Crippen LogP contribution is -2.74. The zero-order valence-electron chi connectivity index (χ0n) is 38.1. The summed E-state index contributed by atoms with van der Waals surface area (Å²) in [5.74, 6) is 1.42. The molecule has 4 heterocycles. The van der Waals surface area contributed by atoms with Crippen molar-refractivity contribution in [2.75, 3.05) is 0 Å². The second-order valence-electron chi connectivity index (χ2n) is 18.1. The van der Waals surface area contributed by atoms with E-state index in [0.717, 1.165) is 55.6 Å². The summed E-state index contributed by atoms with van der Waals surface area (Å²) in [5.41, 5.74) is 9.69. The highest BCUT2D eigenvalue weighted by molar-refractivity contribution is 7.20. The average molecular weight is 910 g/mol. The molecule has 0 saturated carbocycles. The Morgan fingerprint density at radius 3 is 1.11 bits per heavy atom. The summed E-state index contributed by atoms with van der Waals surface area (Å²) in [7, 11) is -3.09. The quantitative estimate of drug-likeness (QED) is 0.113. The zero-order valence-corrected chi connectivity index (χ0v) is 39.1. The summed E-state index contributed by atoms with van der Waals surface area (Å²) in [5, 5.41) is 12.3. The second kappa shape index (κ2) is 16.0. The van der Waals surface area contributed by atoms with Gasteiger partial charge in [-0.3, -0.25) is 9.13 Å². The van der Waals surface area contributed by atoms with Gasteiger partial charge in [-0.2, -0.15) is 4.98 Å². The van der Waals surface area contributed by atoms with Crippen LogP contribution >= 0.6 is 0 Å². The summed E-state index contributed by atoms with van der Waals surface area (Å²) < 4.78 is 6.99. The molecular weight excluding hydrogens is 867 g/mol. The molecule has 4 aromatic heterocycles. The van der Waals surface area contributed by atoms with E-state index in [0.29, 0.717) is 5.95 Å². The van der Waals surface area contributed by atoms with Crippen molar-refractivity contribution >= 4 is 94.2 Å². The van der Waals surface area contributed by atoms with Crippen LogP contribution in [0.1, 0.15) is 0 Å². The van der Waals surface area contributed by atoms with E-state index in [1.54, 1.807) is 0 Å². The number of para-hydroxylation sites is 6. The largest absolute Gasteiger partial charge is 0.309 e. The highest BCUT2D eigenvalue weighted by Gasteiger charge is 2.42. The molecule has 328 valence electrons. The van der Waals surface area contributed by atoms with Gasteiger partial charge < -0.3 is 4.57 Å². The topological polar surface area (TPSA) is 40.6 Å². The molecule has 70 heavy (non-hydrogen) atoms. The molecule has 0 fully saturated rings. The summed E-state index contributed by atoms with van der Waals surface area (Å²) >= 11 is 0. The lowest BCUT2D eigenvalue weighted by atomic mass is 10.1. The first-order valence-electron chi connectivity index (χ1n) is 23.9. The first kappa shape index (κ1) is 40.0. The SMILES string of the molecule is c1ccc([Si](c2ccccc2)(c2cccc(-c3cc(-n4c5ccccc5c5ccccc54)nc(-n4c5ccccc5c5ccccc54)n3)c2)c2cccc(-n3c4ccccc4c4ccccc43)c2)cc1. The third kappa shape index (κ3) is 6.03. The van der Waals surface area contributed by atoms with Gasteiger partial charge in [0.1, 0.15) is 5.82 Å². The Hall–Kier alpha value is -9.10. The highest BCUT2D eigenvalue weighted by Crippen LogP contribution is 2.36. The number of aromatic nitrogens is 5. The van der Waals surface area contributed by atoms with Gasteiger partial charge in [-0.15, -0.1) is 0 Å². The summed E-state index contributed by atoms with van der Waals surface area (Å²) in [6, 6.07) is 95.2. The van der Waals surface area contributed by atoms with Crippen LogP contribution in [0.5, 0.6) is 0 Å². The van der Waals surface area contributed by atoms with Crippen LogP contribution in [0.3, 0.4) is 0 Å². The zero-order chi connectivity index (χ0) is 46.2. The predicted octanol–water partition coefficient (Wildman–Crippen LogP) is 12.8. The first-order valence-corrected chi connectivity index (χ1v) is 25.9. The van der Waals surface area contributed by atoms with Crippen molar-refractivity contribution in [2.24, 2.45) is 0 Å². The van der Waals surface area contributed by atoms with Crippen LogP contribution in [0.15, 0.2) is 261 Å². The lowest BCUT2D eigenvalue weighted by Gasteiger charge is -2.35. The molecule has 5 nitrogen and oxygen atoms in total. The minimum Gasteiger partial charge on any atom is -0.309 e. The Balaban J connectivity index is 1.05. The van der Waals surface area contributed by atoms with Gasteiger partial charge in [0.05, 0.1) is 38.8 Å². The van der Waals surface area contributed by atoms with Crippen LogP contribution in [-0.2, 0) is 0 Å². The van der Waals surface area contributed by atoms with Crippen LogP contribution in [0.2, 0.25) is 0 Å². The molecule has 0 aliphatic heterocycles. The summed E-state index contributed by atoms with van der Waals surface area (Å²) in [4.78, 5) is 11.2. The van der Waals surface area contributed by atoms with Gasteiger partial charge in [-0.1, -0.05) is 206 Å². The molecule has 14 rings (SSSR count). The average Bonchev–Trinajstić information content (AvgIpc) is 4.08. The van der Waals surface area contributed by atoms with Gasteiger partial charge in [0.15, 0.2) is 8.07 Å². The van der Waals surface area contributed by atoms with E-state index in [1.807, 2.05) is 0 Å². The van der Waals surface area contributed by atoms with Crippen molar-refractivity contribution in [1.82, 2.24) is 23.7 Å².